The first-order valence-corrected chi connectivity index (χ1v) is 23.7. The maximum Gasteiger partial charge on any atom is 0.306 e. The summed E-state index contributed by atoms with van der Waals surface area (Å²) in [5.74, 6) is 0.0497. The minimum absolute atomic E-state index is 0.0193. The van der Waals surface area contributed by atoms with E-state index < -0.39 is 0 Å². The lowest BCUT2D eigenvalue weighted by molar-refractivity contribution is -0.151. The standard InChI is InChI=1S/C47H91NO5/c1-4-7-10-13-16-20-26-34-45(50)52-42-30-22-17-21-28-38-48(40-31-41-49)39-29-23-27-35-47(36-37-47)43-46(51)53-44(32-24-18-14-11-8-5-2)33-25-19-15-12-9-6-3/h44,49H,4-43H2,1-3H3. The monoisotopic (exact) mass is 750 g/mol. The van der Waals surface area contributed by atoms with Gasteiger partial charge in [-0.3, -0.25) is 9.59 Å². The first-order valence-electron chi connectivity index (χ1n) is 23.7. The largest absolute Gasteiger partial charge is 0.466 e. The van der Waals surface area contributed by atoms with Crippen LogP contribution in [0, 0.1) is 5.41 Å². The van der Waals surface area contributed by atoms with Crippen molar-refractivity contribution >= 4 is 11.9 Å². The van der Waals surface area contributed by atoms with Gasteiger partial charge in [0.05, 0.1) is 13.0 Å². The van der Waals surface area contributed by atoms with Crippen molar-refractivity contribution in [1.82, 2.24) is 4.90 Å². The van der Waals surface area contributed by atoms with E-state index in [0.29, 0.717) is 19.4 Å². The molecule has 0 aromatic heterocycles. The lowest BCUT2D eigenvalue weighted by Gasteiger charge is -2.22. The van der Waals surface area contributed by atoms with Crippen molar-refractivity contribution in [2.45, 2.75) is 252 Å². The molecule has 0 unspecified atom stereocenters. The minimum Gasteiger partial charge on any atom is -0.466 e. The second-order valence-electron chi connectivity index (χ2n) is 17.0. The number of rotatable bonds is 42. The molecule has 0 aliphatic heterocycles. The highest BCUT2D eigenvalue weighted by molar-refractivity contribution is 5.71. The van der Waals surface area contributed by atoms with Gasteiger partial charge in [0, 0.05) is 19.6 Å². The Morgan fingerprint density at radius 3 is 1.53 bits per heavy atom. The maximum absolute atomic E-state index is 13.2. The number of carbonyl (C=O) groups excluding carboxylic acids is 2. The fraction of sp³-hybridized carbons (Fsp3) is 0.957. The quantitative estimate of drug-likeness (QED) is 0.0495. The third-order valence-electron chi connectivity index (χ3n) is 11.7. The summed E-state index contributed by atoms with van der Waals surface area (Å²) < 4.78 is 11.7. The Morgan fingerprint density at radius 1 is 0.547 bits per heavy atom. The van der Waals surface area contributed by atoms with Crippen LogP contribution in [0.25, 0.3) is 0 Å². The van der Waals surface area contributed by atoms with Gasteiger partial charge in [0.15, 0.2) is 0 Å². The molecule has 1 saturated carbocycles. The lowest BCUT2D eigenvalue weighted by Crippen LogP contribution is -2.28. The molecule has 1 N–H and O–H groups in total. The van der Waals surface area contributed by atoms with Gasteiger partial charge in [-0.1, -0.05) is 156 Å². The first-order chi connectivity index (χ1) is 26.0. The number of hydrogen-bond acceptors (Lipinski definition) is 6. The van der Waals surface area contributed by atoms with Crippen LogP contribution in [0.5, 0.6) is 0 Å². The molecule has 0 heterocycles. The minimum atomic E-state index is -0.0193. The molecule has 1 rings (SSSR count). The number of aliphatic hydroxyl groups excluding tert-OH is 1. The summed E-state index contributed by atoms with van der Waals surface area (Å²) in [6, 6.07) is 0. The van der Waals surface area contributed by atoms with Crippen molar-refractivity contribution in [2.24, 2.45) is 5.41 Å². The predicted molar refractivity (Wildman–Crippen MR) is 225 cm³/mol. The molecule has 1 aliphatic carbocycles. The molecular weight excluding hydrogens is 659 g/mol. The second-order valence-corrected chi connectivity index (χ2v) is 17.0. The molecule has 0 aromatic carbocycles. The Balaban J connectivity index is 2.22. The van der Waals surface area contributed by atoms with Crippen LogP contribution in [0.1, 0.15) is 245 Å². The van der Waals surface area contributed by atoms with Crippen LogP contribution >= 0.6 is 0 Å². The molecule has 1 fully saturated rings. The summed E-state index contributed by atoms with van der Waals surface area (Å²) in [4.78, 5) is 27.7. The van der Waals surface area contributed by atoms with Crippen LogP contribution < -0.4 is 0 Å². The molecule has 0 radical (unpaired) electrons. The van der Waals surface area contributed by atoms with Crippen LogP contribution in [0.2, 0.25) is 0 Å². The van der Waals surface area contributed by atoms with E-state index in [1.165, 1.54) is 161 Å². The number of esters is 2. The molecule has 1 aliphatic rings. The van der Waals surface area contributed by atoms with Gasteiger partial charge >= 0.3 is 11.9 Å². The summed E-state index contributed by atoms with van der Waals surface area (Å²) in [6.07, 6.45) is 41.1. The second kappa shape index (κ2) is 36.5. The molecule has 314 valence electrons. The number of hydrogen-bond donors (Lipinski definition) is 1. The number of nitrogens with zero attached hydrogens (tertiary/aromatic N) is 1. The molecular formula is C47H91NO5. The zero-order chi connectivity index (χ0) is 38.5. The highest BCUT2D eigenvalue weighted by atomic mass is 16.5. The molecule has 0 amide bonds. The van der Waals surface area contributed by atoms with E-state index in [9.17, 15) is 14.7 Å². The van der Waals surface area contributed by atoms with Crippen molar-refractivity contribution in [3.05, 3.63) is 0 Å². The Morgan fingerprint density at radius 2 is 1.00 bits per heavy atom. The average molecular weight is 750 g/mol. The maximum atomic E-state index is 13.2. The van der Waals surface area contributed by atoms with Gasteiger partial charge in [0.1, 0.15) is 6.10 Å². The van der Waals surface area contributed by atoms with Gasteiger partial charge in [-0.05, 0) is 95.6 Å². The summed E-state index contributed by atoms with van der Waals surface area (Å²) in [5, 5.41) is 9.44. The van der Waals surface area contributed by atoms with Crippen molar-refractivity contribution in [3.63, 3.8) is 0 Å². The van der Waals surface area contributed by atoms with Gasteiger partial charge < -0.3 is 19.5 Å². The summed E-state index contributed by atoms with van der Waals surface area (Å²) in [5.41, 5.74) is 0.213. The zero-order valence-electron chi connectivity index (χ0n) is 35.9. The number of ether oxygens (including phenoxy) is 2. The smallest absolute Gasteiger partial charge is 0.306 e. The molecule has 0 spiro atoms. The summed E-state index contributed by atoms with van der Waals surface area (Å²) in [7, 11) is 0. The lowest BCUT2D eigenvalue weighted by atomic mass is 9.94. The Kier molecular flexibility index (Phi) is 34.3. The van der Waals surface area contributed by atoms with Crippen molar-refractivity contribution < 1.29 is 24.2 Å². The molecule has 53 heavy (non-hydrogen) atoms. The number of carbonyl (C=O) groups is 2. The highest BCUT2D eigenvalue weighted by Gasteiger charge is 2.44. The fourth-order valence-corrected chi connectivity index (χ4v) is 7.89. The van der Waals surface area contributed by atoms with Crippen LogP contribution in [-0.4, -0.2) is 60.9 Å². The van der Waals surface area contributed by atoms with E-state index in [0.717, 1.165) is 71.0 Å². The van der Waals surface area contributed by atoms with E-state index in [1.54, 1.807) is 0 Å². The normalized spacial score (nSPS) is 13.6. The predicted octanol–water partition coefficient (Wildman–Crippen LogP) is 13.4. The van der Waals surface area contributed by atoms with E-state index in [1.807, 2.05) is 0 Å². The van der Waals surface area contributed by atoms with Gasteiger partial charge in [-0.15, -0.1) is 0 Å². The topological polar surface area (TPSA) is 76.1 Å². The molecule has 6 heteroatoms. The number of unbranched alkanes of at least 4 members (excludes halogenated alkanes) is 22. The Bertz CT molecular complexity index is 799. The molecule has 6 nitrogen and oxygen atoms in total. The van der Waals surface area contributed by atoms with Gasteiger partial charge in [0.2, 0.25) is 0 Å². The zero-order valence-corrected chi connectivity index (χ0v) is 35.9. The fourth-order valence-electron chi connectivity index (χ4n) is 7.89. The van der Waals surface area contributed by atoms with E-state index >= 15 is 0 Å². The molecule has 0 bridgehead atoms. The first kappa shape index (κ1) is 49.9. The van der Waals surface area contributed by atoms with Crippen molar-refractivity contribution in [3.8, 4) is 0 Å². The molecule has 0 saturated heterocycles. The van der Waals surface area contributed by atoms with Crippen LogP contribution in [0.15, 0.2) is 0 Å². The van der Waals surface area contributed by atoms with E-state index in [4.69, 9.17) is 9.47 Å². The Labute approximate surface area is 330 Å². The van der Waals surface area contributed by atoms with E-state index in [-0.39, 0.29) is 30.1 Å². The van der Waals surface area contributed by atoms with Gasteiger partial charge in [0.25, 0.3) is 0 Å². The molecule has 0 atom stereocenters. The van der Waals surface area contributed by atoms with Crippen LogP contribution in [0.4, 0.5) is 0 Å². The van der Waals surface area contributed by atoms with Gasteiger partial charge in [-0.25, -0.2) is 0 Å². The van der Waals surface area contributed by atoms with Gasteiger partial charge in [-0.2, -0.15) is 0 Å². The Hall–Kier alpha value is -1.14. The average Bonchev–Trinajstić information content (AvgIpc) is 3.91. The van der Waals surface area contributed by atoms with Crippen molar-refractivity contribution in [1.29, 1.82) is 0 Å². The number of aliphatic hydroxyl groups is 1. The van der Waals surface area contributed by atoms with Crippen LogP contribution in [0.3, 0.4) is 0 Å². The summed E-state index contributed by atoms with van der Waals surface area (Å²) in [6.45, 7) is 10.8. The summed E-state index contributed by atoms with van der Waals surface area (Å²) >= 11 is 0. The third-order valence-corrected chi connectivity index (χ3v) is 11.7. The SMILES string of the molecule is CCCCCCCCCC(=O)OCCCCCCCN(CCCO)CCCCCC1(CC(=O)OC(CCCCCCCC)CCCCCCCC)CC1. The molecule has 0 aromatic rings. The van der Waals surface area contributed by atoms with Crippen LogP contribution in [-0.2, 0) is 19.1 Å². The highest BCUT2D eigenvalue weighted by Crippen LogP contribution is 2.53. The third kappa shape index (κ3) is 31.7. The van der Waals surface area contributed by atoms with Crippen molar-refractivity contribution in [2.75, 3.05) is 32.8 Å². The van der Waals surface area contributed by atoms with E-state index in [2.05, 4.69) is 25.7 Å².